The van der Waals surface area contributed by atoms with Gasteiger partial charge < -0.3 is 10.1 Å². The molecule has 1 atom stereocenters. The maximum atomic E-state index is 11.6. The maximum absolute atomic E-state index is 11.6. The molecule has 1 unspecified atom stereocenters. The lowest BCUT2D eigenvalue weighted by Gasteiger charge is -2.27. The van der Waals surface area contributed by atoms with E-state index in [1.54, 1.807) is 0 Å². The minimum atomic E-state index is -2.88. The Morgan fingerprint density at radius 2 is 2.15 bits per heavy atom. The van der Waals surface area contributed by atoms with Crippen molar-refractivity contribution in [2.75, 3.05) is 24.7 Å². The van der Waals surface area contributed by atoms with Gasteiger partial charge in [0.15, 0.2) is 9.84 Å². The molecular weight excluding hydrogens is 278 g/mol. The number of nitrogens with one attached hydrogen (secondary N) is 1. The molecule has 0 saturated carbocycles. The van der Waals surface area contributed by atoms with Crippen LogP contribution in [-0.4, -0.2) is 49.0 Å². The molecule has 0 aliphatic carbocycles. The minimum absolute atomic E-state index is 0.000476. The van der Waals surface area contributed by atoms with Gasteiger partial charge in [-0.25, -0.2) is 8.42 Å². The van der Waals surface area contributed by atoms with E-state index in [9.17, 15) is 8.42 Å². The van der Waals surface area contributed by atoms with E-state index in [2.05, 4.69) is 10.4 Å². The number of hydrogen-bond acceptors (Lipinski definition) is 5. The number of nitrogens with zero attached hydrogens (tertiary/aromatic N) is 2. The molecule has 6 nitrogen and oxygen atoms in total. The van der Waals surface area contributed by atoms with Crippen molar-refractivity contribution in [2.24, 2.45) is 0 Å². The standard InChI is InChI=1S/C13H21N3O3S/c1-9-13(5-14-11-6-19-7-11)10(2)16(15-9)12-3-4-20(17,18)8-12/h11-12,14H,3-8H2,1-2H3. The summed E-state index contributed by atoms with van der Waals surface area (Å²) in [5.74, 6) is 0.501. The second-order valence-electron chi connectivity index (χ2n) is 5.77. The molecule has 3 rings (SSSR count). The number of ether oxygens (including phenoxy) is 1. The quantitative estimate of drug-likeness (QED) is 0.868. The van der Waals surface area contributed by atoms with Crippen LogP contribution in [0.25, 0.3) is 0 Å². The lowest BCUT2D eigenvalue weighted by molar-refractivity contribution is -0.00582. The zero-order valence-corrected chi connectivity index (χ0v) is 12.7. The predicted octanol–water partition coefficient (Wildman–Crippen LogP) is 0.348. The van der Waals surface area contributed by atoms with Gasteiger partial charge in [-0.1, -0.05) is 0 Å². The molecule has 7 heteroatoms. The van der Waals surface area contributed by atoms with Crippen LogP contribution in [-0.2, 0) is 21.1 Å². The molecule has 0 aromatic carbocycles. The Morgan fingerprint density at radius 3 is 2.70 bits per heavy atom. The molecule has 112 valence electrons. The average molecular weight is 299 g/mol. The van der Waals surface area contributed by atoms with Crippen molar-refractivity contribution in [3.63, 3.8) is 0 Å². The first-order valence-electron chi connectivity index (χ1n) is 7.02. The van der Waals surface area contributed by atoms with Crippen molar-refractivity contribution in [1.82, 2.24) is 15.1 Å². The van der Waals surface area contributed by atoms with Gasteiger partial charge in [0.1, 0.15) is 0 Å². The van der Waals surface area contributed by atoms with Crippen molar-refractivity contribution >= 4 is 9.84 Å². The molecule has 20 heavy (non-hydrogen) atoms. The van der Waals surface area contributed by atoms with Gasteiger partial charge in [-0.2, -0.15) is 5.10 Å². The van der Waals surface area contributed by atoms with Crippen LogP contribution in [0.5, 0.6) is 0 Å². The number of aromatic nitrogens is 2. The first-order chi connectivity index (χ1) is 9.46. The summed E-state index contributed by atoms with van der Waals surface area (Å²) in [6.45, 7) is 6.33. The van der Waals surface area contributed by atoms with Gasteiger partial charge in [0.2, 0.25) is 0 Å². The van der Waals surface area contributed by atoms with E-state index in [4.69, 9.17) is 4.74 Å². The zero-order valence-electron chi connectivity index (χ0n) is 11.9. The van der Waals surface area contributed by atoms with Crippen LogP contribution in [0.4, 0.5) is 0 Å². The molecule has 1 N–H and O–H groups in total. The van der Waals surface area contributed by atoms with E-state index in [0.717, 1.165) is 31.1 Å². The van der Waals surface area contributed by atoms with E-state index >= 15 is 0 Å². The average Bonchev–Trinajstić information content (AvgIpc) is 2.80. The van der Waals surface area contributed by atoms with E-state index in [1.807, 2.05) is 18.5 Å². The maximum Gasteiger partial charge on any atom is 0.152 e. The third-order valence-corrected chi connectivity index (χ3v) is 5.99. The van der Waals surface area contributed by atoms with Gasteiger partial charge in [-0.15, -0.1) is 0 Å². The first kappa shape index (κ1) is 14.0. The molecule has 0 bridgehead atoms. The molecule has 0 spiro atoms. The summed E-state index contributed by atoms with van der Waals surface area (Å²) in [5.41, 5.74) is 3.25. The van der Waals surface area contributed by atoms with Gasteiger partial charge in [0.25, 0.3) is 0 Å². The fourth-order valence-corrected chi connectivity index (χ4v) is 4.57. The lowest BCUT2D eigenvalue weighted by atomic mass is 10.1. The highest BCUT2D eigenvalue weighted by Crippen LogP contribution is 2.26. The van der Waals surface area contributed by atoms with Gasteiger partial charge in [0, 0.05) is 17.8 Å². The van der Waals surface area contributed by atoms with Crippen LogP contribution >= 0.6 is 0 Å². The summed E-state index contributed by atoms with van der Waals surface area (Å²) < 4.78 is 30.3. The van der Waals surface area contributed by atoms with E-state index in [1.165, 1.54) is 5.56 Å². The molecule has 2 aliphatic rings. The van der Waals surface area contributed by atoms with Crippen molar-refractivity contribution < 1.29 is 13.2 Å². The Bertz CT molecular complexity index is 605. The van der Waals surface area contributed by atoms with Crippen molar-refractivity contribution in [2.45, 2.75) is 38.9 Å². The largest absolute Gasteiger partial charge is 0.378 e. The normalized spacial score (nSPS) is 25.8. The lowest BCUT2D eigenvalue weighted by Crippen LogP contribution is -2.45. The Hall–Kier alpha value is -0.920. The first-order valence-corrected chi connectivity index (χ1v) is 8.84. The fraction of sp³-hybridized carbons (Fsp3) is 0.769. The third kappa shape index (κ3) is 2.62. The SMILES string of the molecule is Cc1nn(C2CCS(=O)(=O)C2)c(C)c1CNC1COC1. The van der Waals surface area contributed by atoms with Crippen LogP contribution < -0.4 is 5.32 Å². The summed E-state index contributed by atoms with van der Waals surface area (Å²) >= 11 is 0. The van der Waals surface area contributed by atoms with E-state index in [-0.39, 0.29) is 17.5 Å². The Morgan fingerprint density at radius 1 is 1.40 bits per heavy atom. The second kappa shape index (κ2) is 5.13. The minimum Gasteiger partial charge on any atom is -0.378 e. The number of rotatable bonds is 4. The molecule has 3 heterocycles. The highest BCUT2D eigenvalue weighted by Gasteiger charge is 2.31. The van der Waals surface area contributed by atoms with Gasteiger partial charge in [-0.3, -0.25) is 4.68 Å². The van der Waals surface area contributed by atoms with Gasteiger partial charge >= 0.3 is 0 Å². The third-order valence-electron chi connectivity index (χ3n) is 4.23. The monoisotopic (exact) mass is 299 g/mol. The molecule has 2 fully saturated rings. The van der Waals surface area contributed by atoms with Gasteiger partial charge in [0.05, 0.1) is 42.5 Å². The van der Waals surface area contributed by atoms with Crippen LogP contribution in [0.2, 0.25) is 0 Å². The van der Waals surface area contributed by atoms with E-state index < -0.39 is 9.84 Å². The van der Waals surface area contributed by atoms with Crippen LogP contribution in [0, 0.1) is 13.8 Å². The molecule has 0 amide bonds. The summed E-state index contributed by atoms with van der Waals surface area (Å²) in [5, 5.41) is 8.00. The smallest absolute Gasteiger partial charge is 0.152 e. The van der Waals surface area contributed by atoms with Crippen LogP contribution in [0.15, 0.2) is 0 Å². The number of hydrogen-bond donors (Lipinski definition) is 1. The summed E-state index contributed by atoms with van der Waals surface area (Å²) in [4.78, 5) is 0. The van der Waals surface area contributed by atoms with Crippen molar-refractivity contribution in [1.29, 1.82) is 0 Å². The predicted molar refractivity (Wildman–Crippen MR) is 75.5 cm³/mol. The summed E-state index contributed by atoms with van der Waals surface area (Å²) in [6.07, 6.45) is 0.674. The van der Waals surface area contributed by atoms with Crippen LogP contribution in [0.3, 0.4) is 0 Å². The molecule has 2 aliphatic heterocycles. The van der Waals surface area contributed by atoms with Crippen LogP contribution in [0.1, 0.15) is 29.4 Å². The molecular formula is C13H21N3O3S. The number of sulfone groups is 1. The molecule has 0 radical (unpaired) electrons. The fourth-order valence-electron chi connectivity index (χ4n) is 2.88. The highest BCUT2D eigenvalue weighted by molar-refractivity contribution is 7.91. The molecule has 1 aromatic heterocycles. The van der Waals surface area contributed by atoms with Crippen molar-refractivity contribution in [3.8, 4) is 0 Å². The Balaban J connectivity index is 1.75. The van der Waals surface area contributed by atoms with Crippen molar-refractivity contribution in [3.05, 3.63) is 17.0 Å². The molecule has 1 aromatic rings. The summed E-state index contributed by atoms with van der Waals surface area (Å²) in [6, 6.07) is 0.434. The highest BCUT2D eigenvalue weighted by atomic mass is 32.2. The molecule has 2 saturated heterocycles. The Labute approximate surface area is 119 Å². The second-order valence-corrected chi connectivity index (χ2v) is 7.99. The van der Waals surface area contributed by atoms with Gasteiger partial charge in [-0.05, 0) is 20.3 Å². The van der Waals surface area contributed by atoms with E-state index in [0.29, 0.717) is 12.5 Å². The topological polar surface area (TPSA) is 73.2 Å². The summed E-state index contributed by atoms with van der Waals surface area (Å²) in [7, 11) is -2.88. The number of aryl methyl sites for hydroxylation is 1. The Kier molecular flexibility index (Phi) is 3.60. The zero-order chi connectivity index (χ0) is 14.3.